The summed E-state index contributed by atoms with van der Waals surface area (Å²) in [5, 5.41) is 28.3. The van der Waals surface area contributed by atoms with E-state index in [-0.39, 0.29) is 12.2 Å². The molecule has 2 unspecified atom stereocenters. The SMILES string of the molecule is Cc1nc(C)c(C=CC(O)CC(O)CC(=O)O)c(-c2ccc(F)cc2)n1. The standard InChI is InChI=1S/C19H21FN2O4/c1-11-17(8-7-15(23)9-16(24)10-18(25)26)19(22-12(2)21-11)13-3-5-14(20)6-4-13/h3-8,15-16,23-24H,9-10H2,1-2H3,(H,25,26). The number of aryl methyl sites for hydroxylation is 2. The molecule has 6 nitrogen and oxygen atoms in total. The Balaban J connectivity index is 2.28. The van der Waals surface area contributed by atoms with Crippen LogP contribution in [0.5, 0.6) is 0 Å². The molecule has 0 aliphatic carbocycles. The van der Waals surface area contributed by atoms with E-state index >= 15 is 0 Å². The van der Waals surface area contributed by atoms with Gasteiger partial charge in [-0.2, -0.15) is 0 Å². The van der Waals surface area contributed by atoms with E-state index in [1.54, 1.807) is 32.1 Å². The normalized spacial score (nSPS) is 13.7. The van der Waals surface area contributed by atoms with E-state index in [0.717, 1.165) is 0 Å². The van der Waals surface area contributed by atoms with Crippen molar-refractivity contribution in [2.24, 2.45) is 0 Å². The van der Waals surface area contributed by atoms with Crippen LogP contribution in [0.4, 0.5) is 4.39 Å². The number of rotatable bonds is 7. The van der Waals surface area contributed by atoms with Crippen LogP contribution < -0.4 is 0 Å². The maximum Gasteiger partial charge on any atom is 0.305 e. The van der Waals surface area contributed by atoms with E-state index in [1.807, 2.05) is 0 Å². The monoisotopic (exact) mass is 360 g/mol. The molecule has 7 heteroatoms. The van der Waals surface area contributed by atoms with E-state index in [0.29, 0.717) is 28.3 Å². The molecule has 0 amide bonds. The van der Waals surface area contributed by atoms with Gasteiger partial charge in [-0.3, -0.25) is 4.79 Å². The third-order valence-corrected chi connectivity index (χ3v) is 3.77. The number of aliphatic carboxylic acids is 1. The highest BCUT2D eigenvalue weighted by atomic mass is 19.1. The lowest BCUT2D eigenvalue weighted by Gasteiger charge is -2.12. The van der Waals surface area contributed by atoms with Crippen molar-refractivity contribution in [1.82, 2.24) is 9.97 Å². The second kappa shape index (κ2) is 8.64. The van der Waals surface area contributed by atoms with Gasteiger partial charge in [-0.25, -0.2) is 14.4 Å². The number of aliphatic hydroxyl groups excluding tert-OH is 2. The number of carbonyl (C=O) groups is 1. The molecule has 1 aromatic carbocycles. The number of carboxylic acid groups (broad SMARTS) is 1. The van der Waals surface area contributed by atoms with Gasteiger partial charge in [-0.05, 0) is 38.1 Å². The summed E-state index contributed by atoms with van der Waals surface area (Å²) >= 11 is 0. The molecule has 138 valence electrons. The second-order valence-electron chi connectivity index (χ2n) is 6.04. The van der Waals surface area contributed by atoms with E-state index in [4.69, 9.17) is 5.11 Å². The summed E-state index contributed by atoms with van der Waals surface area (Å²) in [4.78, 5) is 19.3. The molecule has 0 radical (unpaired) electrons. The molecule has 26 heavy (non-hydrogen) atoms. The predicted octanol–water partition coefficient (Wildman–Crippen LogP) is 2.50. The summed E-state index contributed by atoms with van der Waals surface area (Å²) in [5.74, 6) is -0.914. The fraction of sp³-hybridized carbons (Fsp3) is 0.316. The van der Waals surface area contributed by atoms with Gasteiger partial charge in [0.05, 0.1) is 24.3 Å². The van der Waals surface area contributed by atoms with E-state index in [9.17, 15) is 19.4 Å². The summed E-state index contributed by atoms with van der Waals surface area (Å²) in [5.41, 5.74) is 2.66. The van der Waals surface area contributed by atoms with Crippen LogP contribution in [-0.2, 0) is 4.79 Å². The van der Waals surface area contributed by atoms with Crippen molar-refractivity contribution in [2.45, 2.75) is 38.9 Å². The number of benzene rings is 1. The number of aliphatic hydroxyl groups is 2. The number of hydrogen-bond donors (Lipinski definition) is 3. The van der Waals surface area contributed by atoms with Crippen LogP contribution in [0.15, 0.2) is 30.3 Å². The van der Waals surface area contributed by atoms with Crippen molar-refractivity contribution < 1.29 is 24.5 Å². The Morgan fingerprint density at radius 2 is 1.85 bits per heavy atom. The molecule has 0 bridgehead atoms. The summed E-state index contributed by atoms with van der Waals surface area (Å²) < 4.78 is 13.2. The maximum absolute atomic E-state index is 13.2. The average Bonchev–Trinajstić information content (AvgIpc) is 2.53. The second-order valence-corrected chi connectivity index (χ2v) is 6.04. The van der Waals surface area contributed by atoms with Crippen LogP contribution in [0.1, 0.15) is 29.9 Å². The van der Waals surface area contributed by atoms with Crippen LogP contribution in [0, 0.1) is 19.7 Å². The van der Waals surface area contributed by atoms with Gasteiger partial charge < -0.3 is 15.3 Å². The number of hydrogen-bond acceptors (Lipinski definition) is 5. The minimum absolute atomic E-state index is 0.0968. The molecular formula is C19H21FN2O4. The van der Waals surface area contributed by atoms with Crippen molar-refractivity contribution in [2.75, 3.05) is 0 Å². The van der Waals surface area contributed by atoms with Gasteiger partial charge in [0, 0.05) is 23.2 Å². The summed E-state index contributed by atoms with van der Waals surface area (Å²) in [6.45, 7) is 3.55. The molecule has 0 aliphatic rings. The fourth-order valence-electron chi connectivity index (χ4n) is 2.60. The van der Waals surface area contributed by atoms with Gasteiger partial charge >= 0.3 is 5.97 Å². The molecule has 0 saturated carbocycles. The van der Waals surface area contributed by atoms with Crippen molar-refractivity contribution in [3.05, 3.63) is 53.2 Å². The zero-order valence-electron chi connectivity index (χ0n) is 14.6. The van der Waals surface area contributed by atoms with Gasteiger partial charge in [0.2, 0.25) is 0 Å². The van der Waals surface area contributed by atoms with Gasteiger partial charge in [0.25, 0.3) is 0 Å². The lowest BCUT2D eigenvalue weighted by molar-refractivity contribution is -0.139. The largest absolute Gasteiger partial charge is 0.481 e. The maximum atomic E-state index is 13.2. The fourth-order valence-corrected chi connectivity index (χ4v) is 2.60. The Labute approximate surface area is 150 Å². The molecule has 0 aliphatic heterocycles. The Morgan fingerprint density at radius 3 is 2.46 bits per heavy atom. The molecular weight excluding hydrogens is 339 g/mol. The quantitative estimate of drug-likeness (QED) is 0.701. The van der Waals surface area contributed by atoms with Crippen molar-refractivity contribution in [3.8, 4) is 11.3 Å². The minimum Gasteiger partial charge on any atom is -0.481 e. The molecule has 2 atom stereocenters. The highest BCUT2D eigenvalue weighted by Crippen LogP contribution is 2.25. The highest BCUT2D eigenvalue weighted by molar-refractivity contribution is 5.73. The van der Waals surface area contributed by atoms with Crippen molar-refractivity contribution >= 4 is 12.0 Å². The van der Waals surface area contributed by atoms with Crippen LogP contribution in [0.2, 0.25) is 0 Å². The zero-order valence-corrected chi connectivity index (χ0v) is 14.6. The molecule has 3 N–H and O–H groups in total. The molecule has 1 heterocycles. The first-order valence-corrected chi connectivity index (χ1v) is 8.13. The predicted molar refractivity (Wildman–Crippen MR) is 94.8 cm³/mol. The van der Waals surface area contributed by atoms with Gasteiger partial charge in [0.1, 0.15) is 11.6 Å². The van der Waals surface area contributed by atoms with Gasteiger partial charge in [-0.1, -0.05) is 12.2 Å². The zero-order chi connectivity index (χ0) is 19.3. The molecule has 2 rings (SSSR count). The summed E-state index contributed by atoms with van der Waals surface area (Å²) in [6, 6.07) is 5.90. The van der Waals surface area contributed by atoms with E-state index in [1.165, 1.54) is 18.2 Å². The Morgan fingerprint density at radius 1 is 1.19 bits per heavy atom. The smallest absolute Gasteiger partial charge is 0.305 e. The Bertz CT molecular complexity index is 806. The molecule has 1 aromatic heterocycles. The number of halogens is 1. The molecule has 2 aromatic rings. The van der Waals surface area contributed by atoms with Crippen molar-refractivity contribution in [3.63, 3.8) is 0 Å². The molecule has 0 spiro atoms. The Kier molecular flexibility index (Phi) is 6.54. The van der Waals surface area contributed by atoms with Crippen LogP contribution in [0.25, 0.3) is 17.3 Å². The Hall–Kier alpha value is -2.64. The first-order valence-electron chi connectivity index (χ1n) is 8.13. The first kappa shape index (κ1) is 19.7. The van der Waals surface area contributed by atoms with Gasteiger partial charge in [0.15, 0.2) is 0 Å². The van der Waals surface area contributed by atoms with Crippen LogP contribution in [0.3, 0.4) is 0 Å². The lowest BCUT2D eigenvalue weighted by atomic mass is 10.0. The first-order chi connectivity index (χ1) is 12.3. The summed E-state index contributed by atoms with van der Waals surface area (Å²) in [7, 11) is 0. The third-order valence-electron chi connectivity index (χ3n) is 3.77. The van der Waals surface area contributed by atoms with Crippen molar-refractivity contribution in [1.29, 1.82) is 0 Å². The van der Waals surface area contributed by atoms with E-state index in [2.05, 4.69) is 9.97 Å². The topological polar surface area (TPSA) is 104 Å². The van der Waals surface area contributed by atoms with E-state index < -0.39 is 24.6 Å². The average molecular weight is 360 g/mol. The third kappa shape index (κ3) is 5.44. The molecule has 0 saturated heterocycles. The number of aromatic nitrogens is 2. The van der Waals surface area contributed by atoms with Crippen LogP contribution in [-0.4, -0.2) is 43.5 Å². The number of nitrogens with zero attached hydrogens (tertiary/aromatic N) is 2. The lowest BCUT2D eigenvalue weighted by Crippen LogP contribution is -2.19. The highest BCUT2D eigenvalue weighted by Gasteiger charge is 2.14. The number of carboxylic acids is 1. The van der Waals surface area contributed by atoms with Gasteiger partial charge in [-0.15, -0.1) is 0 Å². The minimum atomic E-state index is -1.14. The molecule has 0 fully saturated rings. The summed E-state index contributed by atoms with van der Waals surface area (Å²) in [6.07, 6.45) is 0.397. The van der Waals surface area contributed by atoms with Crippen LogP contribution >= 0.6 is 0 Å².